The number of benzene rings is 2. The van der Waals surface area contributed by atoms with Crippen molar-refractivity contribution in [2.24, 2.45) is 4.99 Å². The van der Waals surface area contributed by atoms with E-state index in [9.17, 15) is 4.39 Å². The Morgan fingerprint density at radius 1 is 1.08 bits per heavy atom. The van der Waals surface area contributed by atoms with E-state index in [0.29, 0.717) is 13.1 Å². The third kappa shape index (κ3) is 6.99. The van der Waals surface area contributed by atoms with E-state index in [1.54, 1.807) is 19.2 Å². The minimum absolute atomic E-state index is 0. The smallest absolute Gasteiger partial charge is 0.191 e. The van der Waals surface area contributed by atoms with Gasteiger partial charge in [0.2, 0.25) is 0 Å². The van der Waals surface area contributed by atoms with Crippen LogP contribution < -0.4 is 10.6 Å². The van der Waals surface area contributed by atoms with E-state index in [0.717, 1.165) is 11.5 Å². The number of aliphatic imine (C=N–C) groups is 1. The summed E-state index contributed by atoms with van der Waals surface area (Å²) in [6.07, 6.45) is 0. The molecule has 0 aliphatic rings. The highest BCUT2D eigenvalue weighted by atomic mass is 127. The number of likely N-dealkylation sites (N-methyl/N-ethyl adjacent to an activating group) is 1. The number of guanidine groups is 1. The average molecular weight is 456 g/mol. The molecule has 0 spiro atoms. The lowest BCUT2D eigenvalue weighted by Crippen LogP contribution is -2.41. The Labute approximate surface area is 166 Å². The fraction of sp³-hybridized carbons (Fsp3) is 0.316. The molecule has 0 aliphatic heterocycles. The summed E-state index contributed by atoms with van der Waals surface area (Å²) in [6, 6.07) is 16.9. The zero-order chi connectivity index (χ0) is 17.4. The molecule has 4 nitrogen and oxygen atoms in total. The van der Waals surface area contributed by atoms with Crippen LogP contribution in [-0.2, 0) is 6.54 Å². The first kappa shape index (κ1) is 21.4. The van der Waals surface area contributed by atoms with E-state index in [1.807, 2.05) is 38.4 Å². The van der Waals surface area contributed by atoms with E-state index < -0.39 is 0 Å². The monoisotopic (exact) mass is 456 g/mol. The molecule has 0 aromatic heterocycles. The van der Waals surface area contributed by atoms with Crippen LogP contribution in [0, 0.1) is 5.82 Å². The first-order valence-electron chi connectivity index (χ1n) is 8.00. The van der Waals surface area contributed by atoms with E-state index >= 15 is 0 Å². The van der Waals surface area contributed by atoms with Crippen molar-refractivity contribution in [3.05, 3.63) is 71.5 Å². The minimum atomic E-state index is -0.217. The van der Waals surface area contributed by atoms with Crippen molar-refractivity contribution < 1.29 is 4.39 Å². The number of hydrogen-bond donors (Lipinski definition) is 2. The molecule has 2 aromatic carbocycles. The SMILES string of the molecule is CN=C(NCc1ccccc1)NCC(c1cccc(F)c1)N(C)C.I. The van der Waals surface area contributed by atoms with Crippen molar-refractivity contribution in [3.8, 4) is 0 Å². The Hall–Kier alpha value is -1.67. The van der Waals surface area contributed by atoms with Crippen LogP contribution >= 0.6 is 24.0 Å². The van der Waals surface area contributed by atoms with Crippen molar-refractivity contribution >= 4 is 29.9 Å². The fourth-order valence-corrected chi connectivity index (χ4v) is 2.51. The molecule has 0 heterocycles. The molecular weight excluding hydrogens is 430 g/mol. The lowest BCUT2D eigenvalue weighted by molar-refractivity contribution is 0.297. The molecule has 1 unspecified atom stereocenters. The van der Waals surface area contributed by atoms with Gasteiger partial charge >= 0.3 is 0 Å². The molecule has 2 aromatic rings. The third-order valence-electron chi connectivity index (χ3n) is 3.85. The minimum Gasteiger partial charge on any atom is -0.354 e. The van der Waals surface area contributed by atoms with Crippen LogP contribution in [0.15, 0.2) is 59.6 Å². The molecule has 1 atom stereocenters. The van der Waals surface area contributed by atoms with Crippen LogP contribution in [0.3, 0.4) is 0 Å². The Morgan fingerprint density at radius 2 is 1.80 bits per heavy atom. The second-order valence-corrected chi connectivity index (χ2v) is 5.83. The van der Waals surface area contributed by atoms with Gasteiger partial charge in [0.25, 0.3) is 0 Å². The standard InChI is InChI=1S/C19H25FN4.HI/c1-21-19(22-13-15-8-5-4-6-9-15)23-14-18(24(2)3)16-10-7-11-17(20)12-16;/h4-12,18H,13-14H2,1-3H3,(H2,21,22,23);1H. The second-order valence-electron chi connectivity index (χ2n) is 5.83. The molecular formula is C19H26FIN4. The highest BCUT2D eigenvalue weighted by Gasteiger charge is 2.15. The van der Waals surface area contributed by atoms with Crippen molar-refractivity contribution in [3.63, 3.8) is 0 Å². The summed E-state index contributed by atoms with van der Waals surface area (Å²) in [7, 11) is 5.71. The lowest BCUT2D eigenvalue weighted by atomic mass is 10.1. The molecule has 0 saturated heterocycles. The maximum absolute atomic E-state index is 13.5. The van der Waals surface area contributed by atoms with Crippen molar-refractivity contribution in [2.45, 2.75) is 12.6 Å². The summed E-state index contributed by atoms with van der Waals surface area (Å²) in [5.74, 6) is 0.507. The Bertz CT molecular complexity index is 661. The first-order valence-corrected chi connectivity index (χ1v) is 8.00. The lowest BCUT2D eigenvalue weighted by Gasteiger charge is -2.26. The zero-order valence-electron chi connectivity index (χ0n) is 14.9. The summed E-state index contributed by atoms with van der Waals surface area (Å²) in [5, 5.41) is 6.60. The van der Waals surface area contributed by atoms with Crippen LogP contribution in [0.25, 0.3) is 0 Å². The normalized spacial score (nSPS) is 12.4. The van der Waals surface area contributed by atoms with Gasteiger partial charge in [-0.3, -0.25) is 4.99 Å². The molecule has 2 rings (SSSR count). The molecule has 0 amide bonds. The van der Waals surface area contributed by atoms with Crippen molar-refractivity contribution in [1.29, 1.82) is 0 Å². The van der Waals surface area contributed by atoms with Crippen molar-refractivity contribution in [1.82, 2.24) is 15.5 Å². The van der Waals surface area contributed by atoms with Gasteiger partial charge in [0, 0.05) is 20.1 Å². The van der Waals surface area contributed by atoms with Gasteiger partial charge in [-0.25, -0.2) is 4.39 Å². The summed E-state index contributed by atoms with van der Waals surface area (Å²) in [5.41, 5.74) is 2.13. The van der Waals surface area contributed by atoms with Gasteiger partial charge in [0.05, 0.1) is 6.04 Å². The third-order valence-corrected chi connectivity index (χ3v) is 3.85. The Kier molecular flexibility index (Phi) is 9.44. The molecule has 0 fully saturated rings. The first-order chi connectivity index (χ1) is 11.6. The largest absolute Gasteiger partial charge is 0.354 e. The zero-order valence-corrected chi connectivity index (χ0v) is 17.2. The molecule has 0 saturated carbocycles. The predicted octanol–water partition coefficient (Wildman–Crippen LogP) is 3.41. The number of nitrogens with zero attached hydrogens (tertiary/aromatic N) is 2. The van der Waals surface area contributed by atoms with Gasteiger partial charge in [-0.05, 0) is 37.4 Å². The summed E-state index contributed by atoms with van der Waals surface area (Å²) >= 11 is 0. The van der Waals surface area contributed by atoms with E-state index in [4.69, 9.17) is 0 Å². The van der Waals surface area contributed by atoms with Gasteiger partial charge in [0.1, 0.15) is 5.82 Å². The van der Waals surface area contributed by atoms with Crippen LogP contribution in [0.4, 0.5) is 4.39 Å². The quantitative estimate of drug-likeness (QED) is 0.398. The number of hydrogen-bond acceptors (Lipinski definition) is 2. The molecule has 6 heteroatoms. The Balaban J connectivity index is 0.00000312. The van der Waals surface area contributed by atoms with Gasteiger partial charge in [-0.2, -0.15) is 0 Å². The van der Waals surface area contributed by atoms with Crippen LogP contribution in [0.5, 0.6) is 0 Å². The van der Waals surface area contributed by atoms with Gasteiger partial charge in [0.15, 0.2) is 5.96 Å². The molecule has 25 heavy (non-hydrogen) atoms. The topological polar surface area (TPSA) is 39.7 Å². The molecule has 0 bridgehead atoms. The summed E-state index contributed by atoms with van der Waals surface area (Å²) < 4.78 is 13.5. The maximum atomic E-state index is 13.5. The summed E-state index contributed by atoms with van der Waals surface area (Å²) in [6.45, 7) is 1.33. The van der Waals surface area contributed by atoms with Gasteiger partial charge in [-0.15, -0.1) is 24.0 Å². The van der Waals surface area contributed by atoms with E-state index in [2.05, 4.69) is 32.7 Å². The fourth-order valence-electron chi connectivity index (χ4n) is 2.51. The summed E-state index contributed by atoms with van der Waals surface area (Å²) in [4.78, 5) is 6.31. The number of halogens is 2. The van der Waals surface area contributed by atoms with Crippen molar-refractivity contribution in [2.75, 3.05) is 27.7 Å². The second kappa shape index (κ2) is 11.0. The van der Waals surface area contributed by atoms with E-state index in [-0.39, 0.29) is 35.8 Å². The number of rotatable bonds is 6. The average Bonchev–Trinajstić information content (AvgIpc) is 2.58. The highest BCUT2D eigenvalue weighted by molar-refractivity contribution is 14.0. The van der Waals surface area contributed by atoms with Crippen LogP contribution in [0.1, 0.15) is 17.2 Å². The predicted molar refractivity (Wildman–Crippen MR) is 113 cm³/mol. The van der Waals surface area contributed by atoms with E-state index in [1.165, 1.54) is 11.6 Å². The van der Waals surface area contributed by atoms with Gasteiger partial charge in [-0.1, -0.05) is 42.5 Å². The van der Waals surface area contributed by atoms with Crippen LogP contribution in [0.2, 0.25) is 0 Å². The molecule has 2 N–H and O–H groups in total. The molecule has 0 aliphatic carbocycles. The number of nitrogens with one attached hydrogen (secondary N) is 2. The molecule has 136 valence electrons. The molecule has 0 radical (unpaired) electrons. The highest BCUT2D eigenvalue weighted by Crippen LogP contribution is 2.18. The van der Waals surface area contributed by atoms with Gasteiger partial charge < -0.3 is 15.5 Å². The Morgan fingerprint density at radius 3 is 2.40 bits per heavy atom. The maximum Gasteiger partial charge on any atom is 0.191 e. The van der Waals surface area contributed by atoms with Crippen LogP contribution in [-0.4, -0.2) is 38.5 Å².